The van der Waals surface area contributed by atoms with Crippen LogP contribution in [0.5, 0.6) is 5.75 Å². The van der Waals surface area contributed by atoms with Crippen LogP contribution in [0.4, 0.5) is 0 Å². The van der Waals surface area contributed by atoms with Crippen LogP contribution in [0.1, 0.15) is 13.8 Å². The van der Waals surface area contributed by atoms with Gasteiger partial charge < -0.3 is 13.6 Å². The molecule has 19 heavy (non-hydrogen) atoms. The van der Waals surface area contributed by atoms with Gasteiger partial charge in [-0.05, 0) is 22.9 Å². The van der Waals surface area contributed by atoms with E-state index in [0.29, 0.717) is 13.2 Å². The van der Waals surface area contributed by atoms with Crippen LogP contribution < -0.4 is 4.52 Å². The van der Waals surface area contributed by atoms with Crippen molar-refractivity contribution in [1.82, 2.24) is 0 Å². The Hall–Kier alpha value is -1.15. The summed E-state index contributed by atoms with van der Waals surface area (Å²) in [5, 5.41) is 2.36. The fraction of sp³-hybridized carbons (Fsp3) is 0.333. The van der Waals surface area contributed by atoms with Crippen LogP contribution in [0.15, 0.2) is 42.5 Å². The molecule has 0 atom stereocenters. The molecular formula is C15H17O3P. The molecule has 0 radical (unpaired) electrons. The highest BCUT2D eigenvalue weighted by atomic mass is 31.2. The second kappa shape index (κ2) is 5.09. The third kappa shape index (κ3) is 3.06. The molecule has 1 saturated heterocycles. The van der Waals surface area contributed by atoms with Gasteiger partial charge in [-0.3, -0.25) is 0 Å². The van der Waals surface area contributed by atoms with Crippen molar-refractivity contribution >= 4 is 19.4 Å². The monoisotopic (exact) mass is 276 g/mol. The van der Waals surface area contributed by atoms with Gasteiger partial charge in [0.15, 0.2) is 0 Å². The summed E-state index contributed by atoms with van der Waals surface area (Å²) in [7, 11) is -1.26. The number of hydrogen-bond acceptors (Lipinski definition) is 3. The average molecular weight is 276 g/mol. The maximum absolute atomic E-state index is 5.78. The zero-order chi connectivity index (χ0) is 13.3. The van der Waals surface area contributed by atoms with Crippen LogP contribution in [-0.2, 0) is 9.05 Å². The minimum absolute atomic E-state index is 0.0750. The van der Waals surface area contributed by atoms with Crippen molar-refractivity contribution in [2.24, 2.45) is 5.41 Å². The highest BCUT2D eigenvalue weighted by Crippen LogP contribution is 2.47. The van der Waals surface area contributed by atoms with Gasteiger partial charge in [-0.25, -0.2) is 0 Å². The summed E-state index contributed by atoms with van der Waals surface area (Å²) >= 11 is 0. The molecule has 0 saturated carbocycles. The van der Waals surface area contributed by atoms with Crippen molar-refractivity contribution in [3.05, 3.63) is 42.5 Å². The molecule has 0 aromatic heterocycles. The summed E-state index contributed by atoms with van der Waals surface area (Å²) in [6, 6.07) is 14.2. The van der Waals surface area contributed by atoms with Crippen molar-refractivity contribution in [3.8, 4) is 5.75 Å². The van der Waals surface area contributed by atoms with Crippen LogP contribution in [-0.4, -0.2) is 13.2 Å². The lowest BCUT2D eigenvalue weighted by molar-refractivity contribution is 0.0427. The summed E-state index contributed by atoms with van der Waals surface area (Å²) in [5.74, 6) is 0.796. The largest absolute Gasteiger partial charge is 0.427 e. The van der Waals surface area contributed by atoms with E-state index in [-0.39, 0.29) is 5.41 Å². The molecule has 100 valence electrons. The Balaban J connectivity index is 1.72. The first-order valence-electron chi connectivity index (χ1n) is 6.35. The summed E-state index contributed by atoms with van der Waals surface area (Å²) in [6.45, 7) is 5.59. The molecule has 0 aliphatic carbocycles. The van der Waals surface area contributed by atoms with Crippen molar-refractivity contribution in [3.63, 3.8) is 0 Å². The lowest BCUT2D eigenvalue weighted by atomic mass is 9.97. The van der Waals surface area contributed by atoms with E-state index in [2.05, 4.69) is 26.0 Å². The lowest BCUT2D eigenvalue weighted by Crippen LogP contribution is -2.28. The summed E-state index contributed by atoms with van der Waals surface area (Å²) in [6.07, 6.45) is 0. The molecule has 2 aromatic carbocycles. The first kappa shape index (κ1) is 12.9. The fourth-order valence-corrected chi connectivity index (χ4v) is 3.27. The molecule has 0 amide bonds. The normalized spacial score (nSPS) is 19.5. The first-order chi connectivity index (χ1) is 9.12. The Bertz CT molecular complexity index is 572. The van der Waals surface area contributed by atoms with Crippen molar-refractivity contribution in [1.29, 1.82) is 0 Å². The molecule has 0 N–H and O–H groups in total. The van der Waals surface area contributed by atoms with E-state index in [1.54, 1.807) is 0 Å². The van der Waals surface area contributed by atoms with Crippen molar-refractivity contribution in [2.45, 2.75) is 13.8 Å². The third-order valence-corrected chi connectivity index (χ3v) is 4.06. The fourth-order valence-electron chi connectivity index (χ4n) is 1.90. The minimum Gasteiger partial charge on any atom is -0.427 e. The smallest absolute Gasteiger partial charge is 0.397 e. The van der Waals surface area contributed by atoms with Crippen LogP contribution in [0.2, 0.25) is 0 Å². The first-order valence-corrected chi connectivity index (χ1v) is 7.45. The van der Waals surface area contributed by atoms with Gasteiger partial charge in [-0.15, -0.1) is 0 Å². The zero-order valence-corrected chi connectivity index (χ0v) is 12.0. The standard InChI is InChI=1S/C15H17O3P/c1-15(2)10-16-19(17-11-15)18-14-8-7-12-5-3-4-6-13(12)9-14/h3-9H,10-11H2,1-2H3. The Labute approximate surface area is 114 Å². The topological polar surface area (TPSA) is 27.7 Å². The molecule has 3 rings (SSSR count). The number of fused-ring (bicyclic) bond motifs is 1. The Morgan fingerprint density at radius 2 is 1.68 bits per heavy atom. The van der Waals surface area contributed by atoms with Crippen molar-refractivity contribution in [2.75, 3.05) is 13.2 Å². The lowest BCUT2D eigenvalue weighted by Gasteiger charge is -2.32. The van der Waals surface area contributed by atoms with Gasteiger partial charge in [-0.1, -0.05) is 44.2 Å². The van der Waals surface area contributed by atoms with Crippen LogP contribution in [0.25, 0.3) is 10.8 Å². The highest BCUT2D eigenvalue weighted by molar-refractivity contribution is 7.42. The summed E-state index contributed by atoms with van der Waals surface area (Å²) < 4.78 is 17.0. The average Bonchev–Trinajstić information content (AvgIpc) is 2.41. The van der Waals surface area contributed by atoms with Gasteiger partial charge in [-0.2, -0.15) is 0 Å². The van der Waals surface area contributed by atoms with E-state index in [0.717, 1.165) is 11.1 Å². The van der Waals surface area contributed by atoms with E-state index >= 15 is 0 Å². The summed E-state index contributed by atoms with van der Waals surface area (Å²) in [4.78, 5) is 0. The quantitative estimate of drug-likeness (QED) is 0.755. The molecular weight excluding hydrogens is 259 g/mol. The van der Waals surface area contributed by atoms with E-state index in [4.69, 9.17) is 13.6 Å². The molecule has 1 heterocycles. The second-order valence-electron chi connectivity index (χ2n) is 5.53. The predicted molar refractivity (Wildman–Crippen MR) is 77.2 cm³/mol. The van der Waals surface area contributed by atoms with Crippen molar-refractivity contribution < 1.29 is 13.6 Å². The van der Waals surface area contributed by atoms with Gasteiger partial charge in [0.25, 0.3) is 0 Å². The Kier molecular flexibility index (Phi) is 3.44. The Morgan fingerprint density at radius 1 is 1.00 bits per heavy atom. The van der Waals surface area contributed by atoms with E-state index < -0.39 is 8.60 Å². The maximum atomic E-state index is 5.78. The van der Waals surface area contributed by atoms with Gasteiger partial charge >= 0.3 is 8.60 Å². The maximum Gasteiger partial charge on any atom is 0.397 e. The van der Waals surface area contributed by atoms with E-state index in [1.165, 1.54) is 5.39 Å². The number of rotatable bonds is 2. The molecule has 1 aliphatic heterocycles. The van der Waals surface area contributed by atoms with Gasteiger partial charge in [0.1, 0.15) is 5.75 Å². The number of hydrogen-bond donors (Lipinski definition) is 0. The van der Waals surface area contributed by atoms with Crippen LogP contribution >= 0.6 is 8.60 Å². The molecule has 2 aromatic rings. The van der Waals surface area contributed by atoms with Crippen LogP contribution in [0, 0.1) is 5.41 Å². The zero-order valence-electron chi connectivity index (χ0n) is 11.1. The molecule has 1 fully saturated rings. The second-order valence-corrected chi connectivity index (χ2v) is 6.68. The highest BCUT2D eigenvalue weighted by Gasteiger charge is 2.31. The number of benzene rings is 2. The van der Waals surface area contributed by atoms with E-state index in [1.807, 2.05) is 30.3 Å². The van der Waals surface area contributed by atoms with Crippen LogP contribution in [0.3, 0.4) is 0 Å². The third-order valence-electron chi connectivity index (χ3n) is 3.02. The molecule has 0 unspecified atom stereocenters. The van der Waals surface area contributed by atoms with Gasteiger partial charge in [0.05, 0.1) is 13.2 Å². The van der Waals surface area contributed by atoms with E-state index in [9.17, 15) is 0 Å². The SMILES string of the molecule is CC1(C)COP(Oc2ccc3ccccc3c2)OC1. The van der Waals surface area contributed by atoms with Gasteiger partial charge in [0, 0.05) is 5.41 Å². The van der Waals surface area contributed by atoms with Gasteiger partial charge in [0.2, 0.25) is 0 Å². The molecule has 0 bridgehead atoms. The summed E-state index contributed by atoms with van der Waals surface area (Å²) in [5.41, 5.74) is 0.0750. The molecule has 0 spiro atoms. The predicted octanol–water partition coefficient (Wildman–Crippen LogP) is 4.52. The molecule has 1 aliphatic rings. The molecule has 4 heteroatoms. The Morgan fingerprint density at radius 3 is 2.42 bits per heavy atom. The minimum atomic E-state index is -1.26. The molecule has 3 nitrogen and oxygen atoms in total.